The van der Waals surface area contributed by atoms with Crippen molar-refractivity contribution in [2.24, 2.45) is 0 Å². The maximum atomic E-state index is 11.1. The van der Waals surface area contributed by atoms with E-state index >= 15 is 0 Å². The lowest BCUT2D eigenvalue weighted by atomic mass is 10.2. The quantitative estimate of drug-likeness (QED) is 0.649. The normalized spacial score (nSPS) is 24.2. The molecule has 0 radical (unpaired) electrons. The molecule has 0 amide bonds. The van der Waals surface area contributed by atoms with Crippen LogP contribution in [0.25, 0.3) is 0 Å². The number of morpholine rings is 1. The summed E-state index contributed by atoms with van der Waals surface area (Å²) in [4.78, 5) is 23.0. The third kappa shape index (κ3) is 3.40. The van der Waals surface area contributed by atoms with Gasteiger partial charge in [0, 0.05) is 25.2 Å². The first kappa shape index (κ1) is 15.6. The van der Waals surface area contributed by atoms with Crippen molar-refractivity contribution in [3.8, 4) is 0 Å². The number of nitro groups is 2. The first-order valence-electron chi connectivity index (χ1n) is 7.57. The molecule has 0 spiro atoms. The van der Waals surface area contributed by atoms with Crippen molar-refractivity contribution in [1.29, 1.82) is 0 Å². The standard InChI is InChI=1S/C14H18N4O5/c19-17(20)10-3-4-13(14(6-10)18(21)22)15-7-12-8-16-5-1-2-11(16)9-23-12/h3-4,6,11-12,15H,1-2,5,7-9H2/t11-,12-/m1/s1. The van der Waals surface area contributed by atoms with E-state index in [0.29, 0.717) is 19.2 Å². The number of benzene rings is 1. The summed E-state index contributed by atoms with van der Waals surface area (Å²) < 4.78 is 5.79. The minimum Gasteiger partial charge on any atom is -0.377 e. The zero-order chi connectivity index (χ0) is 16.4. The van der Waals surface area contributed by atoms with Gasteiger partial charge in [-0.05, 0) is 25.5 Å². The summed E-state index contributed by atoms with van der Waals surface area (Å²) in [6, 6.07) is 4.10. The van der Waals surface area contributed by atoms with E-state index in [-0.39, 0.29) is 23.2 Å². The summed E-state index contributed by atoms with van der Waals surface area (Å²) >= 11 is 0. The number of nitro benzene ring substituents is 2. The molecule has 0 saturated carbocycles. The SMILES string of the molecule is O=[N+]([O-])c1ccc(NC[C@@H]2CN3CCC[C@@H]3CO2)c([N+](=O)[O-])c1. The van der Waals surface area contributed by atoms with Gasteiger partial charge in [-0.3, -0.25) is 25.1 Å². The van der Waals surface area contributed by atoms with E-state index in [9.17, 15) is 20.2 Å². The Hall–Kier alpha value is -2.26. The number of non-ortho nitro benzene ring substituents is 1. The Bertz CT molecular complexity index is 623. The van der Waals surface area contributed by atoms with Crippen LogP contribution in [0.1, 0.15) is 12.8 Å². The van der Waals surface area contributed by atoms with Gasteiger partial charge >= 0.3 is 0 Å². The van der Waals surface area contributed by atoms with Gasteiger partial charge in [-0.25, -0.2) is 0 Å². The zero-order valence-corrected chi connectivity index (χ0v) is 12.5. The van der Waals surface area contributed by atoms with Gasteiger partial charge in [-0.15, -0.1) is 0 Å². The third-order valence-corrected chi connectivity index (χ3v) is 4.37. The highest BCUT2D eigenvalue weighted by molar-refractivity contribution is 5.65. The summed E-state index contributed by atoms with van der Waals surface area (Å²) in [5.74, 6) is 0. The molecule has 3 rings (SSSR count). The number of nitrogens with one attached hydrogen (secondary N) is 1. The maximum Gasteiger partial charge on any atom is 0.299 e. The highest BCUT2D eigenvalue weighted by atomic mass is 16.6. The number of nitrogens with zero attached hydrogens (tertiary/aromatic N) is 3. The second-order valence-electron chi connectivity index (χ2n) is 5.84. The zero-order valence-electron chi connectivity index (χ0n) is 12.5. The first-order valence-corrected chi connectivity index (χ1v) is 7.57. The summed E-state index contributed by atoms with van der Waals surface area (Å²) in [6.45, 7) is 3.00. The summed E-state index contributed by atoms with van der Waals surface area (Å²) in [7, 11) is 0. The van der Waals surface area contributed by atoms with Crippen molar-refractivity contribution in [2.45, 2.75) is 25.0 Å². The summed E-state index contributed by atoms with van der Waals surface area (Å²) in [6.07, 6.45) is 2.30. The second kappa shape index (κ2) is 6.47. The molecule has 2 fully saturated rings. The number of rotatable bonds is 5. The van der Waals surface area contributed by atoms with E-state index in [1.807, 2.05) is 0 Å². The lowest BCUT2D eigenvalue weighted by Crippen LogP contribution is -2.48. The van der Waals surface area contributed by atoms with Crippen molar-refractivity contribution >= 4 is 17.1 Å². The van der Waals surface area contributed by atoms with Gasteiger partial charge in [-0.1, -0.05) is 0 Å². The third-order valence-electron chi connectivity index (χ3n) is 4.37. The van der Waals surface area contributed by atoms with Crippen LogP contribution in [0.5, 0.6) is 0 Å². The van der Waals surface area contributed by atoms with Crippen LogP contribution in [0.4, 0.5) is 17.1 Å². The number of fused-ring (bicyclic) bond motifs is 1. The monoisotopic (exact) mass is 322 g/mol. The molecule has 1 aromatic rings. The van der Waals surface area contributed by atoms with Crippen LogP contribution in [-0.2, 0) is 4.74 Å². The van der Waals surface area contributed by atoms with Gasteiger partial charge < -0.3 is 10.1 Å². The molecule has 9 nitrogen and oxygen atoms in total. The van der Waals surface area contributed by atoms with Crippen molar-refractivity contribution in [1.82, 2.24) is 4.90 Å². The van der Waals surface area contributed by atoms with E-state index in [1.54, 1.807) is 0 Å². The lowest BCUT2D eigenvalue weighted by Gasteiger charge is -2.35. The Morgan fingerprint density at radius 1 is 1.30 bits per heavy atom. The minimum atomic E-state index is -0.644. The molecule has 1 N–H and O–H groups in total. The summed E-state index contributed by atoms with van der Waals surface area (Å²) in [5, 5.41) is 24.8. The minimum absolute atomic E-state index is 0.0425. The first-order chi connectivity index (χ1) is 11.0. The molecular weight excluding hydrogens is 304 g/mol. The van der Waals surface area contributed by atoms with Crippen molar-refractivity contribution in [3.05, 3.63) is 38.4 Å². The molecule has 9 heteroatoms. The van der Waals surface area contributed by atoms with E-state index in [4.69, 9.17) is 4.74 Å². The van der Waals surface area contributed by atoms with E-state index < -0.39 is 9.85 Å². The Balaban J connectivity index is 1.65. The highest BCUT2D eigenvalue weighted by Gasteiger charge is 2.32. The molecular formula is C14H18N4O5. The molecule has 23 heavy (non-hydrogen) atoms. The molecule has 2 atom stereocenters. The predicted octanol–water partition coefficient (Wildman–Crippen LogP) is 1.78. The smallest absolute Gasteiger partial charge is 0.299 e. The van der Waals surface area contributed by atoms with Crippen LogP contribution in [0.15, 0.2) is 18.2 Å². The van der Waals surface area contributed by atoms with Crippen LogP contribution < -0.4 is 5.32 Å². The van der Waals surface area contributed by atoms with Crippen LogP contribution >= 0.6 is 0 Å². The van der Waals surface area contributed by atoms with E-state index in [2.05, 4.69) is 10.2 Å². The molecule has 2 aliphatic heterocycles. The Morgan fingerprint density at radius 3 is 2.87 bits per heavy atom. The van der Waals surface area contributed by atoms with Crippen molar-refractivity contribution in [3.63, 3.8) is 0 Å². The largest absolute Gasteiger partial charge is 0.377 e. The van der Waals surface area contributed by atoms with Gasteiger partial charge in [0.25, 0.3) is 11.4 Å². The highest BCUT2D eigenvalue weighted by Crippen LogP contribution is 2.29. The molecule has 1 aromatic carbocycles. The molecule has 0 aliphatic carbocycles. The fourth-order valence-corrected chi connectivity index (χ4v) is 3.17. The molecule has 2 saturated heterocycles. The van der Waals surface area contributed by atoms with Crippen molar-refractivity contribution < 1.29 is 14.6 Å². The molecule has 0 bridgehead atoms. The van der Waals surface area contributed by atoms with E-state index in [1.165, 1.54) is 18.6 Å². The fourth-order valence-electron chi connectivity index (χ4n) is 3.17. The van der Waals surface area contributed by atoms with Gasteiger partial charge in [0.1, 0.15) is 5.69 Å². The molecule has 0 unspecified atom stereocenters. The lowest BCUT2D eigenvalue weighted by molar-refractivity contribution is -0.393. The number of hydrogen-bond acceptors (Lipinski definition) is 7. The predicted molar refractivity (Wildman–Crippen MR) is 82.6 cm³/mol. The molecule has 124 valence electrons. The molecule has 2 aliphatic rings. The Morgan fingerprint density at radius 2 is 2.13 bits per heavy atom. The topological polar surface area (TPSA) is 111 Å². The summed E-state index contributed by atoms with van der Waals surface area (Å²) in [5.41, 5.74) is -0.321. The number of anilines is 1. The van der Waals surface area contributed by atoms with Gasteiger partial charge in [0.15, 0.2) is 0 Å². The van der Waals surface area contributed by atoms with E-state index in [0.717, 1.165) is 25.6 Å². The molecule has 2 heterocycles. The van der Waals surface area contributed by atoms with Crippen LogP contribution in [-0.4, -0.2) is 53.1 Å². The van der Waals surface area contributed by atoms with Gasteiger partial charge in [-0.2, -0.15) is 0 Å². The Kier molecular flexibility index (Phi) is 4.39. The van der Waals surface area contributed by atoms with Crippen LogP contribution in [0, 0.1) is 20.2 Å². The second-order valence-corrected chi connectivity index (χ2v) is 5.84. The fraction of sp³-hybridized carbons (Fsp3) is 0.571. The average molecular weight is 322 g/mol. The molecule has 0 aromatic heterocycles. The Labute approximate surface area is 132 Å². The van der Waals surface area contributed by atoms with Crippen LogP contribution in [0.2, 0.25) is 0 Å². The maximum absolute atomic E-state index is 11.1. The van der Waals surface area contributed by atoms with Gasteiger partial charge in [0.05, 0.1) is 28.6 Å². The van der Waals surface area contributed by atoms with Crippen molar-refractivity contribution in [2.75, 3.05) is 31.6 Å². The van der Waals surface area contributed by atoms with Crippen LogP contribution in [0.3, 0.4) is 0 Å². The number of hydrogen-bond donors (Lipinski definition) is 1. The van der Waals surface area contributed by atoms with Gasteiger partial charge in [0.2, 0.25) is 0 Å². The average Bonchev–Trinajstić information content (AvgIpc) is 3.00. The number of ether oxygens (including phenoxy) is 1.